The maximum absolute atomic E-state index is 13.7. The standard InChI is InChI=1S/C16H27FN2O/c1-5-8-19(12-16(2,3)11-18)10-13-6-7-15(20-4)14(17)9-13/h6-7,9H,5,8,10-12,18H2,1-4H3. The Morgan fingerprint density at radius 1 is 1.35 bits per heavy atom. The zero-order valence-corrected chi connectivity index (χ0v) is 13.1. The van der Waals surface area contributed by atoms with Crippen molar-refractivity contribution in [1.82, 2.24) is 4.90 Å². The first-order chi connectivity index (χ1) is 9.41. The topological polar surface area (TPSA) is 38.5 Å². The molecule has 0 radical (unpaired) electrons. The SMILES string of the molecule is CCCN(Cc1ccc(OC)c(F)c1)CC(C)(C)CN. The van der Waals surface area contributed by atoms with Gasteiger partial charge in [0, 0.05) is 13.1 Å². The molecule has 0 aliphatic rings. The lowest BCUT2D eigenvalue weighted by molar-refractivity contribution is 0.175. The minimum absolute atomic E-state index is 0.0696. The molecular formula is C16H27FN2O. The average molecular weight is 282 g/mol. The number of nitrogens with two attached hydrogens (primary N) is 1. The molecule has 0 saturated heterocycles. The molecule has 0 amide bonds. The van der Waals surface area contributed by atoms with E-state index < -0.39 is 0 Å². The van der Waals surface area contributed by atoms with Crippen molar-refractivity contribution in [3.63, 3.8) is 0 Å². The highest BCUT2D eigenvalue weighted by molar-refractivity contribution is 5.29. The van der Waals surface area contributed by atoms with Crippen LogP contribution in [0.15, 0.2) is 18.2 Å². The maximum Gasteiger partial charge on any atom is 0.165 e. The fourth-order valence-electron chi connectivity index (χ4n) is 2.27. The summed E-state index contributed by atoms with van der Waals surface area (Å²) in [7, 11) is 1.48. The monoisotopic (exact) mass is 282 g/mol. The van der Waals surface area contributed by atoms with Gasteiger partial charge in [-0.05, 0) is 42.6 Å². The van der Waals surface area contributed by atoms with Crippen LogP contribution < -0.4 is 10.5 Å². The summed E-state index contributed by atoms with van der Waals surface area (Å²) in [4.78, 5) is 2.33. The fourth-order valence-corrected chi connectivity index (χ4v) is 2.27. The molecule has 114 valence electrons. The second kappa shape index (κ2) is 7.60. The number of benzene rings is 1. The second-order valence-electron chi connectivity index (χ2n) is 6.05. The lowest BCUT2D eigenvalue weighted by atomic mass is 9.93. The summed E-state index contributed by atoms with van der Waals surface area (Å²) < 4.78 is 18.7. The van der Waals surface area contributed by atoms with Crippen molar-refractivity contribution in [2.75, 3.05) is 26.7 Å². The van der Waals surface area contributed by atoms with Crippen LogP contribution in [-0.2, 0) is 6.54 Å². The summed E-state index contributed by atoms with van der Waals surface area (Å²) >= 11 is 0. The molecule has 20 heavy (non-hydrogen) atoms. The Labute approximate surface area is 121 Å². The quantitative estimate of drug-likeness (QED) is 0.796. The minimum Gasteiger partial charge on any atom is -0.494 e. The van der Waals surface area contributed by atoms with E-state index in [1.807, 2.05) is 6.07 Å². The van der Waals surface area contributed by atoms with E-state index in [1.165, 1.54) is 7.11 Å². The number of nitrogens with zero attached hydrogens (tertiary/aromatic N) is 1. The van der Waals surface area contributed by atoms with Crippen LogP contribution in [0.25, 0.3) is 0 Å². The molecule has 0 atom stereocenters. The average Bonchev–Trinajstić information content (AvgIpc) is 2.39. The third kappa shape index (κ3) is 5.10. The predicted molar refractivity (Wildman–Crippen MR) is 81.4 cm³/mol. The van der Waals surface area contributed by atoms with E-state index in [-0.39, 0.29) is 17.0 Å². The molecular weight excluding hydrogens is 255 g/mol. The molecule has 0 bridgehead atoms. The summed E-state index contributed by atoms with van der Waals surface area (Å²) in [6.45, 7) is 9.73. The maximum atomic E-state index is 13.7. The number of hydrogen-bond acceptors (Lipinski definition) is 3. The van der Waals surface area contributed by atoms with Gasteiger partial charge < -0.3 is 10.5 Å². The van der Waals surface area contributed by atoms with Gasteiger partial charge in [0.2, 0.25) is 0 Å². The second-order valence-corrected chi connectivity index (χ2v) is 6.05. The Morgan fingerprint density at radius 2 is 2.05 bits per heavy atom. The minimum atomic E-state index is -0.306. The van der Waals surface area contributed by atoms with Gasteiger partial charge in [0.05, 0.1) is 7.11 Å². The number of methoxy groups -OCH3 is 1. The van der Waals surface area contributed by atoms with E-state index in [9.17, 15) is 4.39 Å². The van der Waals surface area contributed by atoms with Gasteiger partial charge in [-0.1, -0.05) is 26.8 Å². The van der Waals surface area contributed by atoms with Crippen LogP contribution >= 0.6 is 0 Å². The molecule has 0 aliphatic carbocycles. The normalized spacial score (nSPS) is 11.9. The van der Waals surface area contributed by atoms with Gasteiger partial charge in [0.15, 0.2) is 11.6 Å². The third-order valence-corrected chi connectivity index (χ3v) is 3.37. The van der Waals surface area contributed by atoms with Crippen molar-refractivity contribution >= 4 is 0 Å². The lowest BCUT2D eigenvalue weighted by Crippen LogP contribution is -2.38. The molecule has 0 aliphatic heterocycles. The van der Waals surface area contributed by atoms with Gasteiger partial charge in [0.1, 0.15) is 0 Å². The van der Waals surface area contributed by atoms with Crippen LogP contribution in [0, 0.1) is 11.2 Å². The predicted octanol–water partition coefficient (Wildman–Crippen LogP) is 3.03. The highest BCUT2D eigenvalue weighted by atomic mass is 19.1. The summed E-state index contributed by atoms with van der Waals surface area (Å²) in [6, 6.07) is 5.15. The zero-order chi connectivity index (χ0) is 15.2. The number of hydrogen-bond donors (Lipinski definition) is 1. The van der Waals surface area contributed by atoms with Crippen LogP contribution in [0.3, 0.4) is 0 Å². The zero-order valence-electron chi connectivity index (χ0n) is 13.1. The van der Waals surface area contributed by atoms with E-state index in [2.05, 4.69) is 25.7 Å². The van der Waals surface area contributed by atoms with Crippen LogP contribution in [0.4, 0.5) is 4.39 Å². The number of ether oxygens (including phenoxy) is 1. The molecule has 3 nitrogen and oxygen atoms in total. The van der Waals surface area contributed by atoms with Gasteiger partial charge in [-0.2, -0.15) is 0 Å². The molecule has 0 spiro atoms. The van der Waals surface area contributed by atoms with E-state index in [1.54, 1.807) is 12.1 Å². The first kappa shape index (κ1) is 16.9. The van der Waals surface area contributed by atoms with Crippen LogP contribution in [0.5, 0.6) is 5.75 Å². The van der Waals surface area contributed by atoms with Crippen molar-refractivity contribution in [2.24, 2.45) is 11.1 Å². The van der Waals surface area contributed by atoms with E-state index in [0.29, 0.717) is 6.54 Å². The smallest absolute Gasteiger partial charge is 0.165 e. The molecule has 1 aromatic rings. The van der Waals surface area contributed by atoms with E-state index in [0.717, 1.165) is 31.6 Å². The van der Waals surface area contributed by atoms with Gasteiger partial charge >= 0.3 is 0 Å². The summed E-state index contributed by atoms with van der Waals surface area (Å²) in [5, 5.41) is 0. The van der Waals surface area contributed by atoms with Crippen molar-refractivity contribution < 1.29 is 9.13 Å². The van der Waals surface area contributed by atoms with Gasteiger partial charge in [-0.25, -0.2) is 4.39 Å². The molecule has 0 saturated carbocycles. The molecule has 0 aromatic heterocycles. The molecule has 1 aromatic carbocycles. The van der Waals surface area contributed by atoms with E-state index >= 15 is 0 Å². The molecule has 1 rings (SSSR count). The highest BCUT2D eigenvalue weighted by Gasteiger charge is 2.20. The molecule has 4 heteroatoms. The van der Waals surface area contributed by atoms with Crippen LogP contribution in [0.2, 0.25) is 0 Å². The largest absolute Gasteiger partial charge is 0.494 e. The Morgan fingerprint density at radius 3 is 2.55 bits per heavy atom. The van der Waals surface area contributed by atoms with Crippen molar-refractivity contribution in [3.05, 3.63) is 29.6 Å². The van der Waals surface area contributed by atoms with Crippen molar-refractivity contribution in [1.29, 1.82) is 0 Å². The Bertz CT molecular complexity index is 421. The summed E-state index contributed by atoms with van der Waals surface area (Å²) in [6.07, 6.45) is 1.07. The third-order valence-electron chi connectivity index (χ3n) is 3.37. The summed E-state index contributed by atoms with van der Waals surface area (Å²) in [5.74, 6) is -0.0161. The van der Waals surface area contributed by atoms with Gasteiger partial charge in [-0.3, -0.25) is 4.90 Å². The first-order valence-corrected chi connectivity index (χ1v) is 7.16. The van der Waals surface area contributed by atoms with E-state index in [4.69, 9.17) is 10.5 Å². The molecule has 0 fully saturated rings. The molecule has 0 heterocycles. The summed E-state index contributed by atoms with van der Waals surface area (Å²) in [5.41, 5.74) is 6.84. The number of rotatable bonds is 8. The number of halogens is 1. The van der Waals surface area contributed by atoms with Gasteiger partial charge in [0.25, 0.3) is 0 Å². The molecule has 2 N–H and O–H groups in total. The first-order valence-electron chi connectivity index (χ1n) is 7.16. The van der Waals surface area contributed by atoms with Crippen LogP contribution in [0.1, 0.15) is 32.8 Å². The lowest BCUT2D eigenvalue weighted by Gasteiger charge is -2.31. The van der Waals surface area contributed by atoms with Gasteiger partial charge in [-0.15, -0.1) is 0 Å². The van der Waals surface area contributed by atoms with Crippen molar-refractivity contribution in [2.45, 2.75) is 33.7 Å². The van der Waals surface area contributed by atoms with Crippen LogP contribution in [-0.4, -0.2) is 31.6 Å². The Hall–Kier alpha value is -1.13. The Kier molecular flexibility index (Phi) is 6.43. The highest BCUT2D eigenvalue weighted by Crippen LogP contribution is 2.21. The Balaban J connectivity index is 2.77. The van der Waals surface area contributed by atoms with Crippen molar-refractivity contribution in [3.8, 4) is 5.75 Å². The fraction of sp³-hybridized carbons (Fsp3) is 0.625. The molecule has 0 unspecified atom stereocenters.